The first-order valence-corrected chi connectivity index (χ1v) is 9.48. The zero-order valence-electron chi connectivity index (χ0n) is 16.1. The van der Waals surface area contributed by atoms with Crippen LogP contribution in [0.3, 0.4) is 0 Å². The fraction of sp³-hybridized carbons (Fsp3) is 0.600. The molecular weight excluding hydrogens is 330 g/mol. The average molecular weight is 361 g/mol. The highest BCUT2D eigenvalue weighted by atomic mass is 16.5. The Bertz CT molecular complexity index is 612. The number of ether oxygens (including phenoxy) is 1. The van der Waals surface area contributed by atoms with Crippen LogP contribution in [0.25, 0.3) is 0 Å². The third kappa shape index (κ3) is 6.24. The Labute approximate surface area is 156 Å². The number of benzene rings is 1. The molecule has 1 aliphatic rings. The Hall–Kier alpha value is -2.24. The first-order valence-electron chi connectivity index (χ1n) is 9.48. The lowest BCUT2D eigenvalue weighted by atomic mass is 9.96. The average Bonchev–Trinajstić information content (AvgIpc) is 2.62. The molecule has 1 atom stereocenters. The van der Waals surface area contributed by atoms with Crippen molar-refractivity contribution >= 4 is 11.9 Å². The molecule has 1 fully saturated rings. The van der Waals surface area contributed by atoms with Crippen molar-refractivity contribution in [3.8, 4) is 5.75 Å². The molecule has 1 saturated carbocycles. The predicted molar refractivity (Wildman–Crippen MR) is 102 cm³/mol. The summed E-state index contributed by atoms with van der Waals surface area (Å²) in [5, 5.41) is 8.71. The molecule has 6 nitrogen and oxygen atoms in total. The molecule has 0 spiro atoms. The van der Waals surface area contributed by atoms with E-state index in [1.807, 2.05) is 32.0 Å². The zero-order valence-corrected chi connectivity index (χ0v) is 16.1. The molecule has 0 heterocycles. The molecule has 0 saturated heterocycles. The van der Waals surface area contributed by atoms with Crippen molar-refractivity contribution < 1.29 is 14.3 Å². The summed E-state index contributed by atoms with van der Waals surface area (Å²) >= 11 is 0. The number of aryl methyl sites for hydroxylation is 1. The minimum Gasteiger partial charge on any atom is -0.496 e. The van der Waals surface area contributed by atoms with Gasteiger partial charge < -0.3 is 20.7 Å². The lowest BCUT2D eigenvalue weighted by Crippen LogP contribution is -2.43. The minimum absolute atomic E-state index is 0.0981. The molecule has 1 aromatic carbocycles. The van der Waals surface area contributed by atoms with Crippen LogP contribution in [-0.4, -0.2) is 31.6 Å². The maximum Gasteiger partial charge on any atom is 0.315 e. The number of hydrogen-bond acceptors (Lipinski definition) is 3. The second kappa shape index (κ2) is 10.0. The summed E-state index contributed by atoms with van der Waals surface area (Å²) in [6, 6.07) is 5.83. The topological polar surface area (TPSA) is 79.5 Å². The summed E-state index contributed by atoms with van der Waals surface area (Å²) in [7, 11) is 1.62. The smallest absolute Gasteiger partial charge is 0.315 e. The molecular formula is C20H31N3O3. The van der Waals surface area contributed by atoms with Crippen LogP contribution in [0.2, 0.25) is 0 Å². The number of amides is 3. The second-order valence-electron chi connectivity index (χ2n) is 7.02. The van der Waals surface area contributed by atoms with Crippen molar-refractivity contribution in [2.45, 2.75) is 64.5 Å². The van der Waals surface area contributed by atoms with E-state index in [1.165, 1.54) is 19.3 Å². The summed E-state index contributed by atoms with van der Waals surface area (Å²) < 4.78 is 5.37. The molecule has 2 rings (SSSR count). The van der Waals surface area contributed by atoms with Gasteiger partial charge >= 0.3 is 6.03 Å². The lowest BCUT2D eigenvalue weighted by Gasteiger charge is -2.23. The normalized spacial score (nSPS) is 15.8. The zero-order chi connectivity index (χ0) is 18.9. The SMILES string of the molecule is COc1ccc(C)cc1[C@@H](C)NC(=O)CCNC(=O)NC1CCCCC1. The molecule has 1 aliphatic carbocycles. The summed E-state index contributed by atoms with van der Waals surface area (Å²) in [5.74, 6) is 0.660. The van der Waals surface area contributed by atoms with Crippen LogP contribution in [0.4, 0.5) is 4.79 Å². The summed E-state index contributed by atoms with van der Waals surface area (Å²) in [4.78, 5) is 24.0. The Balaban J connectivity index is 1.72. The fourth-order valence-electron chi connectivity index (χ4n) is 3.36. The molecule has 0 aliphatic heterocycles. The van der Waals surface area contributed by atoms with Crippen LogP contribution >= 0.6 is 0 Å². The fourth-order valence-corrected chi connectivity index (χ4v) is 3.36. The maximum atomic E-state index is 12.2. The standard InChI is InChI=1S/C20H31N3O3/c1-14-9-10-18(26-3)17(13-14)15(2)22-19(24)11-12-21-20(25)23-16-7-5-4-6-8-16/h9-10,13,15-16H,4-8,11-12H2,1-3H3,(H,22,24)(H2,21,23,25)/t15-/m1/s1. The van der Waals surface area contributed by atoms with Crippen molar-refractivity contribution in [2.24, 2.45) is 0 Å². The minimum atomic E-state index is -0.182. The van der Waals surface area contributed by atoms with Gasteiger partial charge in [0.15, 0.2) is 0 Å². The third-order valence-electron chi connectivity index (χ3n) is 4.81. The molecule has 0 unspecified atom stereocenters. The number of nitrogens with one attached hydrogen (secondary N) is 3. The Morgan fingerprint density at radius 3 is 2.65 bits per heavy atom. The van der Waals surface area contributed by atoms with Gasteiger partial charge in [0.2, 0.25) is 5.91 Å². The molecule has 1 aromatic rings. The van der Waals surface area contributed by atoms with Gasteiger partial charge in [0.05, 0.1) is 13.2 Å². The number of urea groups is 1. The second-order valence-corrected chi connectivity index (χ2v) is 7.02. The first kappa shape index (κ1) is 20.1. The molecule has 3 N–H and O–H groups in total. The van der Waals surface area contributed by atoms with Crippen molar-refractivity contribution in [1.29, 1.82) is 0 Å². The monoisotopic (exact) mass is 361 g/mol. The van der Waals surface area contributed by atoms with Gasteiger partial charge in [-0.05, 0) is 32.8 Å². The first-order chi connectivity index (χ1) is 12.5. The van der Waals surface area contributed by atoms with Crippen LogP contribution in [0.5, 0.6) is 5.75 Å². The van der Waals surface area contributed by atoms with E-state index in [4.69, 9.17) is 4.74 Å². The van der Waals surface area contributed by atoms with E-state index in [0.717, 1.165) is 29.7 Å². The largest absolute Gasteiger partial charge is 0.496 e. The van der Waals surface area contributed by atoms with Gasteiger partial charge in [-0.2, -0.15) is 0 Å². The third-order valence-corrected chi connectivity index (χ3v) is 4.81. The van der Waals surface area contributed by atoms with Gasteiger partial charge in [-0.15, -0.1) is 0 Å². The molecule has 144 valence electrons. The lowest BCUT2D eigenvalue weighted by molar-refractivity contribution is -0.121. The maximum absolute atomic E-state index is 12.2. The van der Waals surface area contributed by atoms with Crippen LogP contribution in [-0.2, 0) is 4.79 Å². The Morgan fingerprint density at radius 1 is 1.23 bits per heavy atom. The number of methoxy groups -OCH3 is 1. The number of carbonyl (C=O) groups excluding carboxylic acids is 2. The van der Waals surface area contributed by atoms with Crippen molar-refractivity contribution in [3.63, 3.8) is 0 Å². The quantitative estimate of drug-likeness (QED) is 0.698. The van der Waals surface area contributed by atoms with E-state index in [1.54, 1.807) is 7.11 Å². The van der Waals surface area contributed by atoms with Crippen LogP contribution in [0, 0.1) is 6.92 Å². The summed E-state index contributed by atoms with van der Waals surface area (Å²) in [6.45, 7) is 4.26. The molecule has 0 aromatic heterocycles. The van der Waals surface area contributed by atoms with Crippen LogP contribution in [0.15, 0.2) is 18.2 Å². The molecule has 26 heavy (non-hydrogen) atoms. The van der Waals surface area contributed by atoms with Crippen molar-refractivity contribution in [2.75, 3.05) is 13.7 Å². The number of rotatable bonds is 7. The van der Waals surface area contributed by atoms with Crippen molar-refractivity contribution in [3.05, 3.63) is 29.3 Å². The van der Waals surface area contributed by atoms with Gasteiger partial charge in [-0.1, -0.05) is 37.0 Å². The predicted octanol–water partition coefficient (Wildman–Crippen LogP) is 3.20. The summed E-state index contributed by atoms with van der Waals surface area (Å²) in [6.07, 6.45) is 5.94. The van der Waals surface area contributed by atoms with Gasteiger partial charge in [0.1, 0.15) is 5.75 Å². The molecule has 3 amide bonds. The highest BCUT2D eigenvalue weighted by molar-refractivity contribution is 5.78. The van der Waals surface area contributed by atoms with Gasteiger partial charge in [0.25, 0.3) is 0 Å². The highest BCUT2D eigenvalue weighted by Gasteiger charge is 2.16. The van der Waals surface area contributed by atoms with E-state index in [-0.39, 0.29) is 30.4 Å². The van der Waals surface area contributed by atoms with E-state index < -0.39 is 0 Å². The van der Waals surface area contributed by atoms with E-state index >= 15 is 0 Å². The van der Waals surface area contributed by atoms with E-state index in [2.05, 4.69) is 16.0 Å². The number of carbonyl (C=O) groups is 2. The van der Waals surface area contributed by atoms with Gasteiger partial charge in [-0.25, -0.2) is 4.79 Å². The molecule has 6 heteroatoms. The summed E-state index contributed by atoms with van der Waals surface area (Å²) in [5.41, 5.74) is 2.06. The van der Waals surface area contributed by atoms with E-state index in [9.17, 15) is 9.59 Å². The number of hydrogen-bond donors (Lipinski definition) is 3. The Kier molecular flexibility index (Phi) is 7.75. The van der Waals surface area contributed by atoms with E-state index in [0.29, 0.717) is 6.54 Å². The van der Waals surface area contributed by atoms with Gasteiger partial charge in [-0.3, -0.25) is 4.79 Å². The Morgan fingerprint density at radius 2 is 1.96 bits per heavy atom. The van der Waals surface area contributed by atoms with Crippen LogP contribution < -0.4 is 20.7 Å². The molecule has 0 bridgehead atoms. The molecule has 0 radical (unpaired) electrons. The van der Waals surface area contributed by atoms with Crippen molar-refractivity contribution in [1.82, 2.24) is 16.0 Å². The highest BCUT2D eigenvalue weighted by Crippen LogP contribution is 2.26. The van der Waals surface area contributed by atoms with Crippen LogP contribution in [0.1, 0.15) is 62.6 Å². The van der Waals surface area contributed by atoms with Gasteiger partial charge in [0, 0.05) is 24.6 Å².